The topological polar surface area (TPSA) is 650 Å². The number of carbonyl (C=O) groups is 20. The zero-order chi connectivity index (χ0) is 104. The van der Waals surface area contributed by atoms with Gasteiger partial charge in [-0.05, 0) is 185 Å². The molecule has 139 heavy (non-hydrogen) atoms. The van der Waals surface area contributed by atoms with Crippen LogP contribution in [0.5, 0.6) is 5.75 Å². The van der Waals surface area contributed by atoms with Crippen molar-refractivity contribution in [1.29, 1.82) is 0 Å². The van der Waals surface area contributed by atoms with Crippen molar-refractivity contribution in [3.8, 4) is 29.4 Å². The Morgan fingerprint density at radius 2 is 1.08 bits per heavy atom. The van der Waals surface area contributed by atoms with Crippen LogP contribution in [-0.2, 0) is 115 Å². The molecule has 0 spiro atoms. The Kier molecular flexibility index (Phi) is 46.8. The van der Waals surface area contributed by atoms with Gasteiger partial charge in [-0.2, -0.15) is 0 Å². The van der Waals surface area contributed by atoms with Crippen molar-refractivity contribution < 1.29 is 111 Å². The summed E-state index contributed by atoms with van der Waals surface area (Å²) in [5, 5.41) is 71.6. The summed E-state index contributed by atoms with van der Waals surface area (Å²) in [6.07, 6.45) is -2.65. The molecule has 4 unspecified atom stereocenters. The molecule has 1 aliphatic rings. The molecule has 1 aromatic heterocycles. The second kappa shape index (κ2) is 56.2. The van der Waals surface area contributed by atoms with Crippen LogP contribution in [0, 0.1) is 47.4 Å². The molecule has 0 aliphatic carbocycles. The second-order valence-electron chi connectivity index (χ2n) is 36.8. The molecule has 1 aliphatic heterocycles. The number of fused-ring (bicyclic) bond motifs is 1. The van der Waals surface area contributed by atoms with E-state index in [1.165, 1.54) is 100 Å². The van der Waals surface area contributed by atoms with Crippen LogP contribution < -0.4 is 91.2 Å². The molecule has 0 saturated carbocycles. The number of aliphatic hydroxyl groups is 1. The summed E-state index contributed by atoms with van der Waals surface area (Å²) in [4.78, 5) is 283. The number of hydrogen-bond donors (Lipinski definition) is 21. The lowest BCUT2D eigenvalue weighted by Crippen LogP contribution is -2.65. The number of aliphatic hydroxyl groups excluding tert-OH is 1. The molecule has 4 aromatic rings. The molecular weight excluding hydrogens is 1800 g/mol. The molecule has 0 saturated heterocycles. The number of nitrogens with one attached hydrogen (secondary N) is 16. The minimum absolute atomic E-state index is 0.00663. The number of benzene rings is 3. The quantitative estimate of drug-likeness (QED) is 0.0203. The lowest BCUT2D eigenvalue weighted by atomic mass is 9.89. The van der Waals surface area contributed by atoms with Crippen molar-refractivity contribution in [2.45, 2.75) is 309 Å². The summed E-state index contributed by atoms with van der Waals surface area (Å²) in [5.41, 5.74) is 8.72. The van der Waals surface area contributed by atoms with Gasteiger partial charge in [0.25, 0.3) is 0 Å². The summed E-state index contributed by atoms with van der Waals surface area (Å²) in [7, 11) is 0. The van der Waals surface area contributed by atoms with Gasteiger partial charge < -0.3 is 112 Å². The van der Waals surface area contributed by atoms with Gasteiger partial charge in [0.2, 0.25) is 112 Å². The molecule has 0 fully saturated rings. The number of ketones is 4. The van der Waals surface area contributed by atoms with Crippen molar-refractivity contribution >= 4 is 129 Å². The summed E-state index contributed by atoms with van der Waals surface area (Å²) in [5.74, 6) is -10.4. The Balaban J connectivity index is 1.60. The van der Waals surface area contributed by atoms with Gasteiger partial charge in [-0.3, -0.25) is 95.9 Å². The Morgan fingerprint density at radius 3 is 1.65 bits per heavy atom. The highest BCUT2D eigenvalue weighted by Gasteiger charge is 2.44. The standard InChI is InChI=1S/C98H138N18O23/c1-53(2)45-67-52-103-71(39-41-77(99)120)83(126)82(125)58(8)105-90(133)76(49-66-51-102-70-34-28-27-33-69(66)70)111-91(134)74(48-65-35-37-68(119)38-36-65)110-89(132)72(40-42-78(121)122)113-96(139)98(15,116-93(136)75(47-64-31-25-24-26-32-64)112-94(137)79(62(12)117)114-92(135)73(46-54(3)4)109-63(13)118)44-30-23-21-19-17-16-18-20-22-29-43-97(14,115-88(67)131)95(138)108-61(11)87(130)107-60(10)86(129)106-59(9)85(128)104-57(7)81(124)80(123)56(6)101-50-55(5)84(100)127/h24-28,31-38,51,53-62,67,71-76,79,101-103,117,119H,20-23,29-30,39-50,52H2,1-15H3,(H2,99,120)(H2,100,127)(H,104,128)(H,105,133)(H,106,129)(H,107,130)(H,108,138)(H,109,118)(H,110,132)(H,111,134)(H,112,137)(H,113,139)(H,114,135)(H,115,131)(H,116,136)(H,121,122)/t55-,56-,57-,58?,59?,60-,61?,62+,67+,71-,72-,73-,74?,75-,76-,79-,97-,98+/m0/s1. The SMILES string of the molecule is CC(=O)N[C@@H](CC(C)C)C(=O)N[C@H](C(=O)N[C@@H](Cc1ccccc1)C(=O)N[C@]1(C)CCCCC#CC#CCCCC[C@@](C)(C(=O)NC(C)C(=O)N[C@@H](C)C(=O)NC(C)C(=O)N[C@@H](C)C(=O)C(=O)[C@H](C)NC[C@H](C)C(N)=O)NC(=O)[C@H](CC(C)C)CN[C@@H](CCC(N)=O)C(=O)C(=O)C(C)NC(=O)[C@H](Cc2c[nH]c3ccccc23)NC(=O)C(Cc2ccc(O)cc2)NC(=O)[C@H](CCC(=O)O)NC1=O)[C@@H](C)O. The molecule has 23 N–H and O–H groups in total. The minimum atomic E-state index is -2.13. The van der Waals surface area contributed by atoms with Crippen molar-refractivity contribution in [3.05, 3.63) is 102 Å². The van der Waals surface area contributed by atoms with Gasteiger partial charge in [0.15, 0.2) is 0 Å². The molecule has 758 valence electrons. The lowest BCUT2D eigenvalue weighted by Gasteiger charge is -2.34. The third kappa shape index (κ3) is 38.6. The maximum Gasteiger partial charge on any atom is 0.303 e. The van der Waals surface area contributed by atoms with Gasteiger partial charge in [0.05, 0.1) is 36.2 Å². The van der Waals surface area contributed by atoms with E-state index in [0.29, 0.717) is 27.6 Å². The Hall–Kier alpha value is -13.8. The van der Waals surface area contributed by atoms with Gasteiger partial charge in [-0.1, -0.05) is 107 Å². The number of carbonyl (C=O) groups excluding carboxylic acids is 19. The Labute approximate surface area is 808 Å². The number of primary amides is 2. The highest BCUT2D eigenvalue weighted by molar-refractivity contribution is 6.41. The number of aromatic amines is 1. The number of Topliss-reactive ketones (excluding diaryl/α,β-unsaturated/α-hetero) is 4. The molecule has 3 aromatic carbocycles. The third-order valence-electron chi connectivity index (χ3n) is 23.5. The smallest absolute Gasteiger partial charge is 0.303 e. The maximum atomic E-state index is 15.5. The van der Waals surface area contributed by atoms with E-state index in [1.54, 1.807) is 88.5 Å². The number of phenols is 1. The molecule has 41 nitrogen and oxygen atoms in total. The summed E-state index contributed by atoms with van der Waals surface area (Å²) in [6.45, 7) is 21.1. The molecule has 15 amide bonds. The zero-order valence-corrected chi connectivity index (χ0v) is 81.6. The normalized spacial score (nSPS) is 21.5. The second-order valence-corrected chi connectivity index (χ2v) is 36.8. The molecular formula is C98H138N18O23. The Bertz CT molecular complexity index is 5170. The van der Waals surface area contributed by atoms with Crippen LogP contribution in [0.3, 0.4) is 0 Å². The van der Waals surface area contributed by atoms with E-state index in [2.05, 4.69) is 108 Å². The van der Waals surface area contributed by atoms with Gasteiger partial charge in [-0.15, -0.1) is 0 Å². The van der Waals surface area contributed by atoms with Gasteiger partial charge in [-0.25, -0.2) is 0 Å². The fourth-order valence-electron chi connectivity index (χ4n) is 15.0. The van der Waals surface area contributed by atoms with Crippen molar-refractivity contribution in [2.75, 3.05) is 13.1 Å². The van der Waals surface area contributed by atoms with E-state index < -0.39 is 257 Å². The number of rotatable bonds is 39. The van der Waals surface area contributed by atoms with E-state index in [1.807, 2.05) is 0 Å². The first-order chi connectivity index (χ1) is 65.3. The summed E-state index contributed by atoms with van der Waals surface area (Å²) >= 11 is 0. The fraction of sp³-hybridized carbons (Fsp3) is 0.551. The van der Waals surface area contributed by atoms with Crippen molar-refractivity contribution in [1.82, 2.24) is 84.7 Å². The number of H-pyrrole nitrogens is 1. The van der Waals surface area contributed by atoms with Gasteiger partial charge in [0.1, 0.15) is 71.2 Å². The first-order valence-corrected chi connectivity index (χ1v) is 46.7. The largest absolute Gasteiger partial charge is 0.508 e. The third-order valence-corrected chi connectivity index (χ3v) is 23.5. The lowest BCUT2D eigenvalue weighted by molar-refractivity contribution is -0.140. The minimum Gasteiger partial charge on any atom is -0.508 e. The molecule has 0 radical (unpaired) electrons. The van der Waals surface area contributed by atoms with E-state index in [9.17, 15) is 82.4 Å². The maximum absolute atomic E-state index is 15.5. The summed E-state index contributed by atoms with van der Waals surface area (Å²) < 4.78 is 0. The van der Waals surface area contributed by atoms with Crippen LogP contribution >= 0.6 is 0 Å². The first-order valence-electron chi connectivity index (χ1n) is 46.7. The van der Waals surface area contributed by atoms with Crippen LogP contribution in [0.1, 0.15) is 210 Å². The van der Waals surface area contributed by atoms with Crippen molar-refractivity contribution in [3.63, 3.8) is 0 Å². The average molecular weight is 1940 g/mol. The number of nitrogens with two attached hydrogens (primary N) is 2. The van der Waals surface area contributed by atoms with E-state index in [-0.39, 0.29) is 108 Å². The molecule has 41 heteroatoms. The number of amides is 15. The van der Waals surface area contributed by atoms with Crippen LogP contribution in [0.4, 0.5) is 0 Å². The monoisotopic (exact) mass is 1940 g/mol. The Morgan fingerprint density at radius 1 is 0.532 bits per heavy atom. The zero-order valence-electron chi connectivity index (χ0n) is 81.6. The molecule has 18 atom stereocenters. The van der Waals surface area contributed by atoms with E-state index in [0.717, 1.165) is 0 Å². The summed E-state index contributed by atoms with van der Waals surface area (Å²) in [6, 6.07) is 0.833. The van der Waals surface area contributed by atoms with Gasteiger partial charge in [0, 0.05) is 88.0 Å². The average Bonchev–Trinajstić information content (AvgIpc) is 1.79. The number of aromatic nitrogens is 1. The van der Waals surface area contributed by atoms with Crippen LogP contribution in [0.15, 0.2) is 85.1 Å². The number of aromatic hydroxyl groups is 1. The molecule has 2 heterocycles. The van der Waals surface area contributed by atoms with Crippen LogP contribution in [0.25, 0.3) is 10.9 Å². The van der Waals surface area contributed by atoms with E-state index >= 15 is 28.8 Å². The number of carboxylic acid groups (broad SMARTS) is 1. The fourth-order valence-corrected chi connectivity index (χ4v) is 15.0. The van der Waals surface area contributed by atoms with Crippen LogP contribution in [-0.4, -0.2) is 247 Å². The molecule has 0 bridgehead atoms. The predicted octanol–water partition coefficient (Wildman–Crippen LogP) is -0.202. The predicted molar refractivity (Wildman–Crippen MR) is 512 cm³/mol. The number of carboxylic acids is 1. The van der Waals surface area contributed by atoms with Crippen LogP contribution in [0.2, 0.25) is 0 Å². The number of para-hydroxylation sites is 1. The molecule has 5 rings (SSSR count). The van der Waals surface area contributed by atoms with Gasteiger partial charge >= 0.3 is 5.97 Å². The van der Waals surface area contributed by atoms with E-state index in [4.69, 9.17) is 11.5 Å². The first kappa shape index (κ1) is 116. The number of aliphatic carboxylic acids is 1. The number of hydrogen-bond acceptors (Lipinski definition) is 24. The van der Waals surface area contributed by atoms with Crippen molar-refractivity contribution in [2.24, 2.45) is 35.1 Å². The highest BCUT2D eigenvalue weighted by Crippen LogP contribution is 2.25. The number of phenolic OH excluding ortho intramolecular Hbond substituents is 1. The highest BCUT2D eigenvalue weighted by atomic mass is 16.4.